The molecule has 2 aliphatic carbocycles. The second kappa shape index (κ2) is 7.53. The largest absolute Gasteiger partial charge is 0.489 e. The first-order valence-corrected chi connectivity index (χ1v) is 10.9. The molecule has 2 saturated carbocycles. The standard InChI is InChI=1S/C25H31NO2/c27-25(22-7-4-8-23(25)17-26(16-22)15-19-9-10-19)21-11-13-24(14-12-21)28-18-20-5-2-1-3-6-20/h1-3,5-6,11-14,19,22-23,27H,4,7-10,15-18H2/t22-,23+,25+. The third-order valence-corrected chi connectivity index (χ3v) is 7.09. The monoisotopic (exact) mass is 377 g/mol. The van der Waals surface area contributed by atoms with E-state index in [9.17, 15) is 5.11 Å². The molecule has 28 heavy (non-hydrogen) atoms. The highest BCUT2D eigenvalue weighted by Gasteiger charge is 2.51. The van der Waals surface area contributed by atoms with Crippen LogP contribution in [0.3, 0.4) is 0 Å². The van der Waals surface area contributed by atoms with E-state index in [-0.39, 0.29) is 0 Å². The van der Waals surface area contributed by atoms with Gasteiger partial charge in [-0.15, -0.1) is 0 Å². The first kappa shape index (κ1) is 18.2. The highest BCUT2D eigenvalue weighted by Crippen LogP contribution is 2.49. The van der Waals surface area contributed by atoms with Crippen LogP contribution in [-0.2, 0) is 12.2 Å². The summed E-state index contributed by atoms with van der Waals surface area (Å²) in [4.78, 5) is 2.64. The van der Waals surface area contributed by atoms with Crippen LogP contribution in [0.2, 0.25) is 0 Å². The van der Waals surface area contributed by atoms with Gasteiger partial charge < -0.3 is 14.7 Å². The van der Waals surface area contributed by atoms with Gasteiger partial charge in [0.25, 0.3) is 0 Å². The lowest BCUT2D eigenvalue weighted by Crippen LogP contribution is -2.58. The minimum absolute atomic E-state index is 0.356. The molecule has 0 aromatic heterocycles. The van der Waals surface area contributed by atoms with Crippen molar-refractivity contribution in [3.8, 4) is 5.75 Å². The quantitative estimate of drug-likeness (QED) is 0.799. The molecule has 0 spiro atoms. The van der Waals surface area contributed by atoms with E-state index in [1.807, 2.05) is 30.3 Å². The SMILES string of the molecule is O[C@@]1(c2ccc(OCc3ccccc3)cc2)[C@@H]2CCC[C@H]1CN(CC1CC1)C2. The van der Waals surface area contributed by atoms with E-state index in [1.165, 1.54) is 31.4 Å². The molecular weight excluding hydrogens is 346 g/mol. The number of aliphatic hydroxyl groups is 1. The number of nitrogens with zero attached hydrogens (tertiary/aromatic N) is 1. The number of likely N-dealkylation sites (tertiary alicyclic amines) is 1. The maximum Gasteiger partial charge on any atom is 0.119 e. The topological polar surface area (TPSA) is 32.7 Å². The van der Waals surface area contributed by atoms with Crippen LogP contribution in [0.1, 0.15) is 43.2 Å². The van der Waals surface area contributed by atoms with Gasteiger partial charge >= 0.3 is 0 Å². The van der Waals surface area contributed by atoms with Crippen molar-refractivity contribution >= 4 is 0 Å². The summed E-state index contributed by atoms with van der Waals surface area (Å²) in [7, 11) is 0. The Labute approximate surface area is 168 Å². The summed E-state index contributed by atoms with van der Waals surface area (Å²) in [6, 6.07) is 18.5. The van der Waals surface area contributed by atoms with E-state index in [2.05, 4.69) is 29.2 Å². The number of piperidine rings is 1. The molecule has 2 aromatic carbocycles. The fourth-order valence-electron chi connectivity index (χ4n) is 5.39. The van der Waals surface area contributed by atoms with E-state index >= 15 is 0 Å². The number of ether oxygens (including phenoxy) is 1. The Hall–Kier alpha value is -1.84. The van der Waals surface area contributed by atoms with Gasteiger partial charge in [-0.3, -0.25) is 0 Å². The van der Waals surface area contributed by atoms with Gasteiger partial charge in [0.1, 0.15) is 12.4 Å². The summed E-state index contributed by atoms with van der Waals surface area (Å²) in [5.74, 6) is 2.50. The predicted molar refractivity (Wildman–Crippen MR) is 111 cm³/mol. The molecule has 0 unspecified atom stereocenters. The average molecular weight is 378 g/mol. The molecular formula is C25H31NO2. The second-order valence-corrected chi connectivity index (χ2v) is 9.11. The summed E-state index contributed by atoms with van der Waals surface area (Å²) < 4.78 is 5.94. The van der Waals surface area contributed by atoms with Gasteiger partial charge in [0.15, 0.2) is 0 Å². The van der Waals surface area contributed by atoms with Crippen molar-refractivity contribution in [2.45, 2.75) is 44.3 Å². The van der Waals surface area contributed by atoms with Crippen LogP contribution >= 0.6 is 0 Å². The third-order valence-electron chi connectivity index (χ3n) is 7.09. The highest BCUT2D eigenvalue weighted by molar-refractivity contribution is 5.33. The predicted octanol–water partition coefficient (Wildman–Crippen LogP) is 4.60. The molecule has 2 bridgehead atoms. The van der Waals surface area contributed by atoms with Crippen molar-refractivity contribution in [3.05, 3.63) is 65.7 Å². The van der Waals surface area contributed by atoms with E-state index in [0.29, 0.717) is 18.4 Å². The summed E-state index contributed by atoms with van der Waals surface area (Å²) >= 11 is 0. The van der Waals surface area contributed by atoms with Crippen LogP contribution in [0.25, 0.3) is 0 Å². The number of benzene rings is 2. The maximum absolute atomic E-state index is 11.8. The zero-order chi connectivity index (χ0) is 19.0. The van der Waals surface area contributed by atoms with Gasteiger partial charge in [-0.2, -0.15) is 0 Å². The van der Waals surface area contributed by atoms with Crippen molar-refractivity contribution < 1.29 is 9.84 Å². The molecule has 1 saturated heterocycles. The average Bonchev–Trinajstić information content (AvgIpc) is 3.52. The second-order valence-electron chi connectivity index (χ2n) is 9.11. The van der Waals surface area contributed by atoms with Crippen molar-refractivity contribution in [2.75, 3.05) is 19.6 Å². The van der Waals surface area contributed by atoms with Gasteiger partial charge in [-0.1, -0.05) is 48.9 Å². The molecule has 1 heterocycles. The number of hydrogen-bond acceptors (Lipinski definition) is 3. The first-order chi connectivity index (χ1) is 13.7. The lowest BCUT2D eigenvalue weighted by atomic mass is 9.62. The van der Waals surface area contributed by atoms with E-state index in [1.54, 1.807) is 0 Å². The number of rotatable bonds is 6. The summed E-state index contributed by atoms with van der Waals surface area (Å²) in [5.41, 5.74) is 1.58. The minimum atomic E-state index is -0.670. The Morgan fingerprint density at radius 3 is 2.21 bits per heavy atom. The molecule has 148 valence electrons. The molecule has 0 amide bonds. The van der Waals surface area contributed by atoms with Crippen LogP contribution in [-0.4, -0.2) is 29.6 Å². The Balaban J connectivity index is 1.29. The molecule has 5 rings (SSSR count). The van der Waals surface area contributed by atoms with Crippen molar-refractivity contribution in [1.82, 2.24) is 4.90 Å². The van der Waals surface area contributed by atoms with Crippen LogP contribution in [0.4, 0.5) is 0 Å². The molecule has 3 nitrogen and oxygen atoms in total. The fourth-order valence-corrected chi connectivity index (χ4v) is 5.39. The molecule has 0 radical (unpaired) electrons. The number of hydrogen-bond donors (Lipinski definition) is 1. The number of fused-ring (bicyclic) bond motifs is 2. The van der Waals surface area contributed by atoms with Gasteiger partial charge in [0.2, 0.25) is 0 Å². The van der Waals surface area contributed by atoms with Crippen LogP contribution < -0.4 is 4.74 Å². The third kappa shape index (κ3) is 3.58. The van der Waals surface area contributed by atoms with Crippen LogP contribution in [0.5, 0.6) is 5.75 Å². The van der Waals surface area contributed by atoms with Crippen molar-refractivity contribution in [2.24, 2.45) is 17.8 Å². The molecule has 3 aliphatic rings. The summed E-state index contributed by atoms with van der Waals surface area (Å²) in [5, 5.41) is 11.8. The first-order valence-electron chi connectivity index (χ1n) is 10.9. The molecule has 3 heteroatoms. The minimum Gasteiger partial charge on any atom is -0.489 e. The van der Waals surface area contributed by atoms with Gasteiger partial charge in [-0.25, -0.2) is 0 Å². The molecule has 1 aliphatic heterocycles. The zero-order valence-corrected chi connectivity index (χ0v) is 16.6. The highest BCUT2D eigenvalue weighted by atomic mass is 16.5. The Kier molecular flexibility index (Phi) is 4.90. The normalized spacial score (nSPS) is 30.2. The molecule has 3 fully saturated rings. The molecule has 1 N–H and O–H groups in total. The smallest absolute Gasteiger partial charge is 0.119 e. The van der Waals surface area contributed by atoms with Crippen LogP contribution in [0.15, 0.2) is 54.6 Å². The molecule has 2 aromatic rings. The Morgan fingerprint density at radius 2 is 1.57 bits per heavy atom. The van der Waals surface area contributed by atoms with Crippen LogP contribution in [0, 0.1) is 17.8 Å². The van der Waals surface area contributed by atoms with E-state index in [0.717, 1.165) is 43.2 Å². The summed E-state index contributed by atoms with van der Waals surface area (Å²) in [6.45, 7) is 3.92. The maximum atomic E-state index is 11.8. The van der Waals surface area contributed by atoms with Crippen molar-refractivity contribution in [3.63, 3.8) is 0 Å². The van der Waals surface area contributed by atoms with E-state index in [4.69, 9.17) is 4.74 Å². The Bertz CT molecular complexity index is 770. The van der Waals surface area contributed by atoms with Gasteiger partial charge in [0.05, 0.1) is 5.60 Å². The fraction of sp³-hybridized carbons (Fsp3) is 0.520. The Morgan fingerprint density at radius 1 is 0.893 bits per heavy atom. The van der Waals surface area contributed by atoms with Gasteiger partial charge in [-0.05, 0) is 54.9 Å². The van der Waals surface area contributed by atoms with Crippen molar-refractivity contribution in [1.29, 1.82) is 0 Å². The molecule has 3 atom stereocenters. The van der Waals surface area contributed by atoms with E-state index < -0.39 is 5.60 Å². The zero-order valence-electron chi connectivity index (χ0n) is 16.6. The summed E-state index contributed by atoms with van der Waals surface area (Å²) in [6.07, 6.45) is 6.34. The van der Waals surface area contributed by atoms with Gasteiger partial charge in [0, 0.05) is 31.5 Å². The lowest BCUT2D eigenvalue weighted by molar-refractivity contribution is -0.147. The lowest BCUT2D eigenvalue weighted by Gasteiger charge is -2.53.